The van der Waals surface area contributed by atoms with Gasteiger partial charge in [-0.25, -0.2) is 0 Å². The van der Waals surface area contributed by atoms with Gasteiger partial charge in [-0.1, -0.05) is 6.08 Å². The maximum Gasteiger partial charge on any atom is 0.135 e. The first-order valence-corrected chi connectivity index (χ1v) is 6.65. The Labute approximate surface area is 113 Å². The molecule has 0 aliphatic carbocycles. The van der Waals surface area contributed by atoms with E-state index in [0.717, 1.165) is 39.8 Å². The molecule has 0 bridgehead atoms. The molecule has 4 heteroatoms. The summed E-state index contributed by atoms with van der Waals surface area (Å²) in [7, 11) is 1.66. The number of ether oxygens (including phenoxy) is 1. The van der Waals surface area contributed by atoms with E-state index < -0.39 is 0 Å². The van der Waals surface area contributed by atoms with E-state index in [-0.39, 0.29) is 0 Å². The molecular weight excluding hydrogens is 334 g/mol. The van der Waals surface area contributed by atoms with Gasteiger partial charge in [-0.2, -0.15) is 0 Å². The molecule has 0 fully saturated rings. The van der Waals surface area contributed by atoms with Gasteiger partial charge in [0, 0.05) is 17.1 Å². The molecule has 0 aliphatic rings. The molecule has 1 aromatic carbocycles. The average molecular weight is 349 g/mol. The number of hydrogen-bond donors (Lipinski definition) is 1. The first-order chi connectivity index (χ1) is 7.69. The normalized spacial score (nSPS) is 9.94. The van der Waals surface area contributed by atoms with E-state index in [9.17, 15) is 0 Å². The Kier molecular flexibility index (Phi) is 5.91. The lowest BCUT2D eigenvalue weighted by molar-refractivity contribution is 0.412. The largest absolute Gasteiger partial charge is 0.495 e. The van der Waals surface area contributed by atoms with Gasteiger partial charge in [0.05, 0.1) is 17.3 Å². The van der Waals surface area contributed by atoms with Gasteiger partial charge in [0.2, 0.25) is 0 Å². The quantitative estimate of drug-likeness (QED) is 0.599. The maximum atomic E-state index is 5.24. The van der Waals surface area contributed by atoms with E-state index in [1.165, 1.54) is 0 Å². The van der Waals surface area contributed by atoms with Crippen molar-refractivity contribution in [3.05, 3.63) is 33.7 Å². The van der Waals surface area contributed by atoms with Crippen LogP contribution in [0.25, 0.3) is 0 Å². The highest BCUT2D eigenvalue weighted by Gasteiger charge is 2.06. The van der Waals surface area contributed by atoms with Gasteiger partial charge >= 0.3 is 0 Å². The molecule has 0 unspecified atom stereocenters. The van der Waals surface area contributed by atoms with Crippen LogP contribution in [-0.2, 0) is 0 Å². The molecule has 0 aromatic heterocycles. The van der Waals surface area contributed by atoms with E-state index in [2.05, 4.69) is 43.8 Å². The number of unbranched alkanes of at least 4 members (excludes halogenated alkanes) is 1. The molecule has 0 aliphatic heterocycles. The van der Waals surface area contributed by atoms with Gasteiger partial charge in [0.1, 0.15) is 5.75 Å². The molecule has 0 amide bonds. The Hall–Kier alpha value is -0.480. The highest BCUT2D eigenvalue weighted by Crippen LogP contribution is 2.34. The van der Waals surface area contributed by atoms with Crippen LogP contribution in [0.3, 0.4) is 0 Å². The molecule has 0 radical (unpaired) electrons. The first kappa shape index (κ1) is 13.6. The zero-order chi connectivity index (χ0) is 12.0. The SMILES string of the molecule is C=CCCCNc1cc(OC)c(Br)cc1Br. The summed E-state index contributed by atoms with van der Waals surface area (Å²) >= 11 is 6.95. The zero-order valence-corrected chi connectivity index (χ0v) is 12.4. The minimum absolute atomic E-state index is 0.828. The predicted octanol–water partition coefficient (Wildman–Crippen LogP) is 4.60. The summed E-state index contributed by atoms with van der Waals surface area (Å²) in [5, 5.41) is 3.35. The van der Waals surface area contributed by atoms with Gasteiger partial charge in [0.15, 0.2) is 0 Å². The second-order valence-corrected chi connectivity index (χ2v) is 5.03. The van der Waals surface area contributed by atoms with Crippen LogP contribution in [0.4, 0.5) is 5.69 Å². The molecular formula is C12H15Br2NO. The number of anilines is 1. The monoisotopic (exact) mass is 347 g/mol. The van der Waals surface area contributed by atoms with Crippen LogP contribution in [0.5, 0.6) is 5.75 Å². The smallest absolute Gasteiger partial charge is 0.135 e. The fraction of sp³-hybridized carbons (Fsp3) is 0.333. The van der Waals surface area contributed by atoms with Crippen molar-refractivity contribution in [2.45, 2.75) is 12.8 Å². The zero-order valence-electron chi connectivity index (χ0n) is 9.22. The fourth-order valence-electron chi connectivity index (χ4n) is 1.29. The predicted molar refractivity (Wildman–Crippen MR) is 76.3 cm³/mol. The van der Waals surface area contributed by atoms with Crippen LogP contribution in [0.15, 0.2) is 33.7 Å². The number of methoxy groups -OCH3 is 1. The summed E-state index contributed by atoms with van der Waals surface area (Å²) in [5.41, 5.74) is 1.05. The van der Waals surface area contributed by atoms with Crippen LogP contribution in [0, 0.1) is 0 Å². The van der Waals surface area contributed by atoms with Crippen molar-refractivity contribution >= 4 is 37.5 Å². The van der Waals surface area contributed by atoms with Crippen molar-refractivity contribution in [1.82, 2.24) is 0 Å². The molecule has 1 aromatic rings. The van der Waals surface area contributed by atoms with Crippen molar-refractivity contribution in [2.24, 2.45) is 0 Å². The average Bonchev–Trinajstić information content (AvgIpc) is 2.27. The molecule has 16 heavy (non-hydrogen) atoms. The second-order valence-electron chi connectivity index (χ2n) is 3.32. The van der Waals surface area contributed by atoms with Crippen molar-refractivity contribution in [1.29, 1.82) is 0 Å². The summed E-state index contributed by atoms with van der Waals surface area (Å²) in [6.07, 6.45) is 4.03. The van der Waals surface area contributed by atoms with Crippen LogP contribution in [0.1, 0.15) is 12.8 Å². The number of rotatable bonds is 6. The molecule has 0 heterocycles. The minimum atomic E-state index is 0.828. The van der Waals surface area contributed by atoms with E-state index in [1.54, 1.807) is 7.11 Å². The Morgan fingerprint density at radius 2 is 2.12 bits per heavy atom. The Balaban J connectivity index is 2.68. The lowest BCUT2D eigenvalue weighted by Gasteiger charge is -2.11. The summed E-state index contributed by atoms with van der Waals surface area (Å²) in [6, 6.07) is 3.96. The van der Waals surface area contributed by atoms with Gasteiger partial charge in [0.25, 0.3) is 0 Å². The molecule has 0 saturated carbocycles. The third-order valence-electron chi connectivity index (χ3n) is 2.14. The summed E-state index contributed by atoms with van der Waals surface area (Å²) in [6.45, 7) is 4.62. The van der Waals surface area contributed by atoms with E-state index in [1.807, 2.05) is 18.2 Å². The Morgan fingerprint density at radius 3 is 2.75 bits per heavy atom. The van der Waals surface area contributed by atoms with Gasteiger partial charge in [-0.15, -0.1) is 6.58 Å². The number of allylic oxidation sites excluding steroid dienone is 1. The van der Waals surface area contributed by atoms with Crippen LogP contribution in [-0.4, -0.2) is 13.7 Å². The number of halogens is 2. The lowest BCUT2D eigenvalue weighted by Crippen LogP contribution is -2.02. The Morgan fingerprint density at radius 1 is 1.38 bits per heavy atom. The molecule has 1 N–H and O–H groups in total. The first-order valence-electron chi connectivity index (χ1n) is 5.07. The van der Waals surface area contributed by atoms with Gasteiger partial charge < -0.3 is 10.1 Å². The maximum absolute atomic E-state index is 5.24. The third kappa shape index (κ3) is 3.83. The lowest BCUT2D eigenvalue weighted by atomic mass is 10.2. The number of nitrogens with one attached hydrogen (secondary N) is 1. The van der Waals surface area contributed by atoms with Crippen molar-refractivity contribution in [3.63, 3.8) is 0 Å². The van der Waals surface area contributed by atoms with E-state index >= 15 is 0 Å². The van der Waals surface area contributed by atoms with E-state index in [0.29, 0.717) is 0 Å². The highest BCUT2D eigenvalue weighted by molar-refractivity contribution is 9.11. The second kappa shape index (κ2) is 6.97. The molecule has 2 nitrogen and oxygen atoms in total. The topological polar surface area (TPSA) is 21.3 Å². The number of hydrogen-bond acceptors (Lipinski definition) is 2. The fourth-order valence-corrected chi connectivity index (χ4v) is 2.59. The molecule has 1 rings (SSSR count). The van der Waals surface area contributed by atoms with Crippen molar-refractivity contribution < 1.29 is 4.74 Å². The van der Waals surface area contributed by atoms with E-state index in [4.69, 9.17) is 4.74 Å². The summed E-state index contributed by atoms with van der Waals surface area (Å²) < 4.78 is 7.21. The highest BCUT2D eigenvalue weighted by atomic mass is 79.9. The standard InChI is InChI=1S/C12H15Br2NO/c1-3-4-5-6-15-11-8-12(16-2)10(14)7-9(11)13/h3,7-8,15H,1,4-6H2,2H3. The van der Waals surface area contributed by atoms with Crippen molar-refractivity contribution in [2.75, 3.05) is 19.0 Å². The summed E-state index contributed by atoms with van der Waals surface area (Å²) in [5.74, 6) is 0.828. The minimum Gasteiger partial charge on any atom is -0.495 e. The molecule has 88 valence electrons. The summed E-state index contributed by atoms with van der Waals surface area (Å²) in [4.78, 5) is 0. The third-order valence-corrected chi connectivity index (χ3v) is 3.42. The Bertz CT molecular complexity index is 366. The molecule has 0 saturated heterocycles. The van der Waals surface area contributed by atoms with Gasteiger partial charge in [-0.05, 0) is 50.8 Å². The van der Waals surface area contributed by atoms with Crippen LogP contribution in [0.2, 0.25) is 0 Å². The van der Waals surface area contributed by atoms with Gasteiger partial charge in [-0.3, -0.25) is 0 Å². The number of benzene rings is 1. The van der Waals surface area contributed by atoms with Crippen molar-refractivity contribution in [3.8, 4) is 5.75 Å². The van der Waals surface area contributed by atoms with Crippen LogP contribution >= 0.6 is 31.9 Å². The molecule has 0 atom stereocenters. The molecule has 0 spiro atoms. The van der Waals surface area contributed by atoms with Crippen LogP contribution < -0.4 is 10.1 Å².